The molecule has 8 aromatic heterocycles. The molecule has 6 nitrogen and oxygen atoms in total. The molecule has 0 spiro atoms. The Kier molecular flexibility index (Phi) is 17.5. The topological polar surface area (TPSA) is 37.8 Å². The lowest BCUT2D eigenvalue weighted by molar-refractivity contribution is 0.423. The molecule has 8 heteroatoms. The van der Waals surface area contributed by atoms with Crippen LogP contribution in [0.25, 0.3) is 205 Å². The molecular weight excluding hydrogens is 1500 g/mol. The van der Waals surface area contributed by atoms with E-state index >= 15 is 0 Å². The number of benzene rings is 16. The lowest BCUT2D eigenvalue weighted by Crippen LogP contribution is -2.21. The maximum Gasteiger partial charge on any atom is 0.143 e. The van der Waals surface area contributed by atoms with Gasteiger partial charge in [0.25, 0.3) is 0 Å². The van der Waals surface area contributed by atoms with E-state index in [1.165, 1.54) is 194 Å². The Morgan fingerprint density at radius 1 is 0.225 bits per heavy atom. The average Bonchev–Trinajstić information content (AvgIpc) is 1.57. The first-order chi connectivity index (χ1) is 58.1. The summed E-state index contributed by atoms with van der Waals surface area (Å²) in [5.41, 5.74) is 23.6. The first-order valence-corrected chi connectivity index (χ1v) is 43.6. The van der Waals surface area contributed by atoms with E-state index in [1.807, 2.05) is 34.8 Å². The molecule has 0 atom stereocenters. The fourth-order valence-corrected chi connectivity index (χ4v) is 21.6. The summed E-state index contributed by atoms with van der Waals surface area (Å²) in [4.78, 5) is 0. The summed E-state index contributed by atoms with van der Waals surface area (Å²) in [5, 5.41) is 20.8. The van der Waals surface area contributed by atoms with Crippen LogP contribution in [-0.2, 0) is 22.0 Å². The average molecular weight is 1590 g/mol. The van der Waals surface area contributed by atoms with Gasteiger partial charge in [-0.15, -0.1) is 22.7 Å². The third-order valence-electron chi connectivity index (χ3n) is 24.4. The zero-order chi connectivity index (χ0) is 81.8. The van der Waals surface area contributed by atoms with Crippen molar-refractivity contribution in [2.24, 2.45) is 0 Å². The molecule has 584 valence electrons. The van der Waals surface area contributed by atoms with E-state index in [0.717, 1.165) is 16.7 Å². The van der Waals surface area contributed by atoms with Crippen LogP contribution in [0.5, 0.6) is 0 Å². The summed E-state index contributed by atoms with van der Waals surface area (Å²) in [6.07, 6.45) is 0. The highest BCUT2D eigenvalue weighted by atomic mass is 32.1. The first kappa shape index (κ1) is 74.3. The molecule has 0 unspecified atom stereocenters. The normalized spacial score (nSPS) is 12.5. The monoisotopic (exact) mass is 1590 g/mol. The number of rotatable bonds is 4. The van der Waals surface area contributed by atoms with Crippen LogP contribution in [0.3, 0.4) is 0 Å². The fourth-order valence-electron chi connectivity index (χ4n) is 19.3. The number of hydrogen-bond acceptors (Lipinski definition) is 3. The minimum Gasteiger partial charge on any atom is -0.455 e. The second-order valence-corrected chi connectivity index (χ2v) is 38.4. The van der Waals surface area contributed by atoms with Crippen LogP contribution < -0.4 is 0 Å². The third-order valence-corrected chi connectivity index (χ3v) is 26.8. The van der Waals surface area contributed by atoms with Crippen LogP contribution in [0.4, 0.5) is 0 Å². The standard InChI is InChI=1S/C28H24N2.C28H23NO.2C28H23NS/c1-28(2,3)30-26-15-9-6-12-22(26)23-18-19(16-17-27(23)30)29-24-13-7-4-10-20(24)21-11-5-8-14-25(21)29;2*1-28(2,3)29-24-13-6-4-9-20(24)23-17-18(15-16-25(23)29)19-11-8-12-22-21-10-5-7-14-26(21)30-27(19)22;1-28(2,3)18-12-14-26-22(16-18)23-17-19(13-15-27(23)30-26)29-24-10-6-4-8-20(24)21-9-5-7-11-25(21)29/h4-18H,1-3H3;3*4-17H,1-3H3. The molecule has 0 radical (unpaired) electrons. The van der Waals surface area contributed by atoms with Gasteiger partial charge in [-0.05, 0) is 217 Å². The third kappa shape index (κ3) is 12.3. The number of hydrogen-bond donors (Lipinski definition) is 0. The molecule has 0 aliphatic heterocycles. The van der Waals surface area contributed by atoms with Gasteiger partial charge in [-0.1, -0.05) is 239 Å². The fraction of sp³-hybridized carbons (Fsp3) is 0.143. The Hall–Kier alpha value is -13.2. The lowest BCUT2D eigenvalue weighted by atomic mass is 9.86. The number of aromatic nitrogens is 5. The van der Waals surface area contributed by atoms with Gasteiger partial charge in [0, 0.05) is 172 Å². The zero-order valence-electron chi connectivity index (χ0n) is 69.9. The highest BCUT2D eigenvalue weighted by Gasteiger charge is 2.27. The highest BCUT2D eigenvalue weighted by Crippen LogP contribution is 2.47. The molecular formula is C112H93N5OS2. The van der Waals surface area contributed by atoms with Crippen LogP contribution in [0.1, 0.15) is 88.6 Å². The Morgan fingerprint density at radius 3 is 1.03 bits per heavy atom. The molecule has 0 bridgehead atoms. The zero-order valence-corrected chi connectivity index (χ0v) is 71.5. The molecule has 0 saturated carbocycles. The molecule has 120 heavy (non-hydrogen) atoms. The van der Waals surface area contributed by atoms with Crippen molar-refractivity contribution in [3.05, 3.63) is 351 Å². The molecule has 0 aliphatic carbocycles. The number of thiophene rings is 2. The van der Waals surface area contributed by atoms with Crippen LogP contribution in [-0.4, -0.2) is 22.8 Å². The SMILES string of the molecule is CC(C)(C)c1ccc2sc3ccc(-n4c5ccccc5c5ccccc54)cc3c2c1.CC(C)(C)n1c2ccccc2c2cc(-c3cccc4c3oc3ccccc34)ccc21.CC(C)(C)n1c2ccccc2c2cc(-c3cccc4c3sc3ccccc34)ccc21.CC(C)(C)n1c2ccccc2c2cc(-n3c4ccccc4c4ccccc43)ccc21. The van der Waals surface area contributed by atoms with Crippen LogP contribution in [0.15, 0.2) is 350 Å². The Balaban J connectivity index is 0.0000000990. The summed E-state index contributed by atoms with van der Waals surface area (Å²) >= 11 is 3.78. The van der Waals surface area contributed by atoms with Crippen LogP contribution in [0.2, 0.25) is 0 Å². The van der Waals surface area contributed by atoms with Gasteiger partial charge in [0.1, 0.15) is 11.2 Å². The van der Waals surface area contributed by atoms with Gasteiger partial charge in [0.2, 0.25) is 0 Å². The number of nitrogens with zero attached hydrogens (tertiary/aromatic N) is 5. The molecule has 0 amide bonds. The first-order valence-electron chi connectivity index (χ1n) is 42.0. The van der Waals surface area contributed by atoms with Gasteiger partial charge >= 0.3 is 0 Å². The number of fused-ring (bicyclic) bond motifs is 24. The molecule has 0 fully saturated rings. The van der Waals surface area contributed by atoms with E-state index in [1.54, 1.807) is 0 Å². The van der Waals surface area contributed by atoms with E-state index in [-0.39, 0.29) is 22.0 Å². The molecule has 24 aromatic rings. The second kappa shape index (κ2) is 28.2. The summed E-state index contributed by atoms with van der Waals surface area (Å²) in [6, 6.07) is 126. The molecule has 0 N–H and O–H groups in total. The molecule has 24 rings (SSSR count). The predicted octanol–water partition coefficient (Wildman–Crippen LogP) is 32.8. The largest absolute Gasteiger partial charge is 0.455 e. The van der Waals surface area contributed by atoms with Gasteiger partial charge in [0.15, 0.2) is 0 Å². The second-order valence-electron chi connectivity index (χ2n) is 36.3. The summed E-state index contributed by atoms with van der Waals surface area (Å²) < 4.78 is 23.9. The lowest BCUT2D eigenvalue weighted by Gasteiger charge is -2.24. The van der Waals surface area contributed by atoms with Gasteiger partial charge in [-0.25, -0.2) is 0 Å². The molecule has 0 aliphatic rings. The smallest absolute Gasteiger partial charge is 0.143 e. The minimum atomic E-state index is 0.00161. The summed E-state index contributed by atoms with van der Waals surface area (Å²) in [5.74, 6) is 0. The maximum atomic E-state index is 6.29. The quantitative estimate of drug-likeness (QED) is 0.173. The van der Waals surface area contributed by atoms with E-state index in [4.69, 9.17) is 4.42 Å². The highest BCUT2D eigenvalue weighted by molar-refractivity contribution is 7.26. The van der Waals surface area contributed by atoms with Crippen molar-refractivity contribution in [2.45, 2.75) is 105 Å². The van der Waals surface area contributed by atoms with Crippen molar-refractivity contribution in [1.82, 2.24) is 22.8 Å². The van der Waals surface area contributed by atoms with E-state index in [2.05, 4.69) is 440 Å². The molecule has 0 saturated heterocycles. The Morgan fingerprint density at radius 2 is 0.558 bits per heavy atom. The van der Waals surface area contributed by atoms with Crippen LogP contribution in [0, 0.1) is 0 Å². The van der Waals surface area contributed by atoms with Crippen molar-refractivity contribution in [1.29, 1.82) is 0 Å². The maximum absolute atomic E-state index is 6.29. The van der Waals surface area contributed by atoms with E-state index in [0.29, 0.717) is 0 Å². The molecule has 16 aromatic carbocycles. The summed E-state index contributed by atoms with van der Waals surface area (Å²) in [6.45, 7) is 27.3. The van der Waals surface area contributed by atoms with Gasteiger partial charge in [-0.2, -0.15) is 0 Å². The molecule has 8 heterocycles. The summed E-state index contributed by atoms with van der Waals surface area (Å²) in [7, 11) is 0. The van der Waals surface area contributed by atoms with E-state index < -0.39 is 0 Å². The van der Waals surface area contributed by atoms with Crippen molar-refractivity contribution in [2.75, 3.05) is 0 Å². The van der Waals surface area contributed by atoms with Crippen LogP contribution >= 0.6 is 22.7 Å². The van der Waals surface area contributed by atoms with Crippen molar-refractivity contribution >= 4 is 194 Å². The van der Waals surface area contributed by atoms with Crippen molar-refractivity contribution in [3.8, 4) is 33.6 Å². The van der Waals surface area contributed by atoms with Gasteiger partial charge < -0.3 is 27.3 Å². The van der Waals surface area contributed by atoms with Gasteiger partial charge in [0.05, 0.1) is 22.1 Å². The predicted molar refractivity (Wildman–Crippen MR) is 521 cm³/mol. The Bertz CT molecular complexity index is 7870. The number of furan rings is 1. The minimum absolute atomic E-state index is 0.00161. The van der Waals surface area contributed by atoms with E-state index in [9.17, 15) is 0 Å². The Labute approximate surface area is 706 Å². The van der Waals surface area contributed by atoms with Gasteiger partial charge in [-0.3, -0.25) is 0 Å². The van der Waals surface area contributed by atoms with Crippen molar-refractivity contribution in [3.63, 3.8) is 0 Å². The number of para-hydroxylation sites is 9. The van der Waals surface area contributed by atoms with Crippen molar-refractivity contribution < 1.29 is 4.42 Å².